The first-order chi connectivity index (χ1) is 14.1. The van der Waals surface area contributed by atoms with Crippen LogP contribution in [0.3, 0.4) is 0 Å². The average Bonchev–Trinajstić information content (AvgIpc) is 3.41. The summed E-state index contributed by atoms with van der Waals surface area (Å²) >= 11 is 0. The Labute approximate surface area is 168 Å². The van der Waals surface area contributed by atoms with Gasteiger partial charge in [-0.2, -0.15) is 5.10 Å². The number of carbonyl (C=O) groups excluding carboxylic acids is 2. The number of aromatic amines is 1. The molecule has 0 spiro atoms. The van der Waals surface area contributed by atoms with Crippen LogP contribution in [0.4, 0.5) is 16.3 Å². The Hall–Kier alpha value is -3.68. The minimum absolute atomic E-state index is 0.0457. The van der Waals surface area contributed by atoms with Gasteiger partial charge in [-0.05, 0) is 43.5 Å². The van der Waals surface area contributed by atoms with Crippen molar-refractivity contribution in [3.05, 3.63) is 59.9 Å². The SMILES string of the molecule is Cc1cccc(NC(=O)Nc2cc(-c3ccncc3)[nH]n2)c1C(=O)N1CCCC1. The number of amides is 3. The zero-order chi connectivity index (χ0) is 20.2. The zero-order valence-corrected chi connectivity index (χ0v) is 16.1. The second-order valence-corrected chi connectivity index (χ2v) is 6.98. The van der Waals surface area contributed by atoms with Gasteiger partial charge in [0.1, 0.15) is 0 Å². The number of rotatable bonds is 4. The normalized spacial score (nSPS) is 13.3. The minimum Gasteiger partial charge on any atom is -0.339 e. The van der Waals surface area contributed by atoms with Crippen molar-refractivity contribution in [2.24, 2.45) is 0 Å². The highest BCUT2D eigenvalue weighted by Gasteiger charge is 2.24. The van der Waals surface area contributed by atoms with Gasteiger partial charge >= 0.3 is 6.03 Å². The lowest BCUT2D eigenvalue weighted by Gasteiger charge is -2.19. The van der Waals surface area contributed by atoms with Crippen LogP contribution in [-0.4, -0.2) is 45.1 Å². The number of carbonyl (C=O) groups is 2. The Morgan fingerprint density at radius 2 is 1.83 bits per heavy atom. The van der Waals surface area contributed by atoms with Crippen molar-refractivity contribution in [1.82, 2.24) is 20.1 Å². The van der Waals surface area contributed by atoms with Crippen LogP contribution in [0.25, 0.3) is 11.3 Å². The first-order valence-electron chi connectivity index (χ1n) is 9.54. The monoisotopic (exact) mass is 390 g/mol. The van der Waals surface area contributed by atoms with Crippen LogP contribution in [-0.2, 0) is 0 Å². The van der Waals surface area contributed by atoms with Crippen molar-refractivity contribution >= 4 is 23.4 Å². The molecule has 0 saturated carbocycles. The summed E-state index contributed by atoms with van der Waals surface area (Å²) in [5.41, 5.74) is 3.54. The van der Waals surface area contributed by atoms with Gasteiger partial charge in [-0.1, -0.05) is 12.1 Å². The maximum absolute atomic E-state index is 12.9. The molecule has 29 heavy (non-hydrogen) atoms. The Morgan fingerprint density at radius 1 is 1.07 bits per heavy atom. The van der Waals surface area contributed by atoms with Gasteiger partial charge in [0.2, 0.25) is 0 Å². The fraction of sp³-hybridized carbons (Fsp3) is 0.238. The van der Waals surface area contributed by atoms with Crippen LogP contribution < -0.4 is 10.6 Å². The standard InChI is InChI=1S/C21H22N6O2/c1-14-5-4-6-16(19(14)20(28)27-11-2-3-12-27)23-21(29)24-18-13-17(25-26-18)15-7-9-22-10-8-15/h4-10,13H,2-3,11-12H2,1H3,(H3,23,24,25,26,29). The number of aromatic nitrogens is 3. The molecule has 4 rings (SSSR count). The zero-order valence-electron chi connectivity index (χ0n) is 16.1. The molecule has 0 bridgehead atoms. The van der Waals surface area contributed by atoms with Crippen molar-refractivity contribution in [3.63, 3.8) is 0 Å². The second-order valence-electron chi connectivity index (χ2n) is 6.98. The van der Waals surface area contributed by atoms with Crippen LogP contribution >= 0.6 is 0 Å². The van der Waals surface area contributed by atoms with E-state index < -0.39 is 6.03 Å². The number of nitrogens with one attached hydrogen (secondary N) is 3. The van der Waals surface area contributed by atoms with E-state index in [9.17, 15) is 9.59 Å². The molecule has 0 radical (unpaired) electrons. The Bertz CT molecular complexity index is 1020. The maximum Gasteiger partial charge on any atom is 0.324 e. The van der Waals surface area contributed by atoms with Crippen molar-refractivity contribution in [3.8, 4) is 11.3 Å². The molecule has 3 amide bonds. The van der Waals surface area contributed by atoms with E-state index in [4.69, 9.17) is 0 Å². The summed E-state index contributed by atoms with van der Waals surface area (Å²) in [5, 5.41) is 12.5. The number of nitrogens with zero attached hydrogens (tertiary/aromatic N) is 3. The van der Waals surface area contributed by atoms with Crippen LogP contribution in [0.1, 0.15) is 28.8 Å². The smallest absolute Gasteiger partial charge is 0.324 e. The van der Waals surface area contributed by atoms with Gasteiger partial charge < -0.3 is 10.2 Å². The molecule has 1 aliphatic rings. The van der Waals surface area contributed by atoms with Gasteiger partial charge in [0.15, 0.2) is 5.82 Å². The summed E-state index contributed by atoms with van der Waals surface area (Å²) in [7, 11) is 0. The lowest BCUT2D eigenvalue weighted by Crippen LogP contribution is -2.30. The predicted molar refractivity (Wildman–Crippen MR) is 111 cm³/mol. The molecule has 1 fully saturated rings. The van der Waals surface area contributed by atoms with Crippen LogP contribution in [0, 0.1) is 6.92 Å². The molecule has 8 heteroatoms. The van der Waals surface area contributed by atoms with E-state index in [-0.39, 0.29) is 5.91 Å². The lowest BCUT2D eigenvalue weighted by molar-refractivity contribution is 0.0793. The molecule has 3 N–H and O–H groups in total. The number of likely N-dealkylation sites (tertiary alicyclic amines) is 1. The van der Waals surface area contributed by atoms with E-state index in [1.807, 2.05) is 36.1 Å². The van der Waals surface area contributed by atoms with Crippen LogP contribution in [0.2, 0.25) is 0 Å². The summed E-state index contributed by atoms with van der Waals surface area (Å²) in [5.74, 6) is 0.338. The van der Waals surface area contributed by atoms with E-state index in [0.717, 1.165) is 42.8 Å². The quantitative estimate of drug-likeness (QED) is 0.632. The molecular weight excluding hydrogens is 368 g/mol. The molecule has 2 aromatic heterocycles. The maximum atomic E-state index is 12.9. The molecule has 1 aromatic carbocycles. The first-order valence-corrected chi connectivity index (χ1v) is 9.54. The highest BCUT2D eigenvalue weighted by Crippen LogP contribution is 2.24. The molecule has 148 valence electrons. The predicted octanol–water partition coefficient (Wildman–Crippen LogP) is 3.66. The highest BCUT2D eigenvalue weighted by molar-refractivity contribution is 6.07. The number of aryl methyl sites for hydroxylation is 1. The van der Waals surface area contributed by atoms with E-state index >= 15 is 0 Å². The topological polar surface area (TPSA) is 103 Å². The third-order valence-electron chi connectivity index (χ3n) is 4.94. The number of H-pyrrole nitrogens is 1. The van der Waals surface area contributed by atoms with Crippen molar-refractivity contribution in [1.29, 1.82) is 0 Å². The van der Waals surface area contributed by atoms with Gasteiger partial charge in [0.05, 0.1) is 16.9 Å². The molecule has 0 atom stereocenters. The molecule has 3 heterocycles. The summed E-state index contributed by atoms with van der Waals surface area (Å²) in [4.78, 5) is 31.3. The van der Waals surface area contributed by atoms with Gasteiger partial charge in [0.25, 0.3) is 5.91 Å². The summed E-state index contributed by atoms with van der Waals surface area (Å²) in [6.45, 7) is 3.38. The van der Waals surface area contributed by atoms with Crippen LogP contribution in [0.5, 0.6) is 0 Å². The third kappa shape index (κ3) is 4.11. The van der Waals surface area contributed by atoms with E-state index in [1.165, 1.54) is 0 Å². The average molecular weight is 390 g/mol. The molecule has 0 unspecified atom stereocenters. The number of pyridine rings is 1. The molecular formula is C21H22N6O2. The van der Waals surface area contributed by atoms with Crippen molar-refractivity contribution < 1.29 is 9.59 Å². The summed E-state index contributed by atoms with van der Waals surface area (Å²) in [6, 6.07) is 10.4. The summed E-state index contributed by atoms with van der Waals surface area (Å²) < 4.78 is 0. The van der Waals surface area contributed by atoms with Gasteiger partial charge in [-0.3, -0.25) is 20.2 Å². The van der Waals surface area contributed by atoms with Crippen molar-refractivity contribution in [2.45, 2.75) is 19.8 Å². The van der Waals surface area contributed by atoms with Crippen LogP contribution in [0.15, 0.2) is 48.8 Å². The third-order valence-corrected chi connectivity index (χ3v) is 4.94. The Kier molecular flexibility index (Phi) is 5.24. The second kappa shape index (κ2) is 8.14. The van der Waals surface area contributed by atoms with Crippen molar-refractivity contribution in [2.75, 3.05) is 23.7 Å². The first kappa shape index (κ1) is 18.7. The molecule has 3 aromatic rings. The number of urea groups is 1. The molecule has 1 aliphatic heterocycles. The highest BCUT2D eigenvalue weighted by atomic mass is 16.2. The van der Waals surface area contributed by atoms with Gasteiger partial charge in [-0.15, -0.1) is 0 Å². The van der Waals surface area contributed by atoms with E-state index in [2.05, 4.69) is 25.8 Å². The lowest BCUT2D eigenvalue weighted by atomic mass is 10.1. The molecule has 1 saturated heterocycles. The minimum atomic E-state index is -0.459. The Balaban J connectivity index is 1.48. The van der Waals surface area contributed by atoms with E-state index in [1.54, 1.807) is 24.5 Å². The van der Waals surface area contributed by atoms with Gasteiger partial charge in [0, 0.05) is 37.1 Å². The molecule has 0 aliphatic carbocycles. The van der Waals surface area contributed by atoms with Gasteiger partial charge in [-0.25, -0.2) is 4.79 Å². The number of anilines is 2. The molecule has 8 nitrogen and oxygen atoms in total. The number of benzene rings is 1. The fourth-order valence-electron chi connectivity index (χ4n) is 3.47. The Morgan fingerprint density at radius 3 is 2.59 bits per heavy atom. The summed E-state index contributed by atoms with van der Waals surface area (Å²) in [6.07, 6.45) is 5.40. The number of hydrogen-bond donors (Lipinski definition) is 3. The fourth-order valence-corrected chi connectivity index (χ4v) is 3.47. The number of hydrogen-bond acceptors (Lipinski definition) is 4. The van der Waals surface area contributed by atoms with E-state index in [0.29, 0.717) is 17.1 Å². The largest absolute Gasteiger partial charge is 0.339 e.